The number of likely N-dealkylation sites (tertiary alicyclic amines) is 1. The second kappa shape index (κ2) is 13.8. The number of hydrogen-bond donors (Lipinski definition) is 5. The van der Waals surface area contributed by atoms with Crippen molar-refractivity contribution in [1.29, 1.82) is 0 Å². The second-order valence-corrected chi connectivity index (χ2v) is 10.4. The Labute approximate surface area is 248 Å². The Hall–Kier alpha value is -5.03. The van der Waals surface area contributed by atoms with Crippen molar-refractivity contribution >= 4 is 29.7 Å². The van der Waals surface area contributed by atoms with E-state index in [4.69, 9.17) is 0 Å². The summed E-state index contributed by atoms with van der Waals surface area (Å²) in [6.45, 7) is 0.923. The topological polar surface area (TPSA) is 173 Å². The van der Waals surface area contributed by atoms with E-state index in [1.54, 1.807) is 4.90 Å². The van der Waals surface area contributed by atoms with Crippen molar-refractivity contribution in [3.63, 3.8) is 0 Å². The number of carboxylic acid groups (broad SMARTS) is 3. The molecule has 1 heterocycles. The summed E-state index contributed by atoms with van der Waals surface area (Å²) in [4.78, 5) is 63.6. The minimum Gasteiger partial charge on any atom is -0.480 e. The average Bonchev–Trinajstić information content (AvgIpc) is 3.15. The van der Waals surface area contributed by atoms with Gasteiger partial charge in [-0.05, 0) is 60.2 Å². The predicted octanol–water partition coefficient (Wildman–Crippen LogP) is 3.26. The summed E-state index contributed by atoms with van der Waals surface area (Å²) in [5.74, 6) is -7.85. The predicted molar refractivity (Wildman–Crippen MR) is 156 cm³/mol. The molecule has 0 saturated carbocycles. The van der Waals surface area contributed by atoms with Gasteiger partial charge in [0.25, 0.3) is 0 Å². The van der Waals surface area contributed by atoms with Crippen LogP contribution in [-0.4, -0.2) is 69.6 Å². The van der Waals surface area contributed by atoms with Crippen LogP contribution in [0.4, 0.5) is 0 Å². The monoisotopic (exact) mass is 587 g/mol. The van der Waals surface area contributed by atoms with Crippen LogP contribution in [0, 0.1) is 0 Å². The van der Waals surface area contributed by atoms with Gasteiger partial charge in [0, 0.05) is 13.1 Å². The number of carbonyl (C=O) groups excluding carboxylic acids is 2. The summed E-state index contributed by atoms with van der Waals surface area (Å²) in [7, 11) is 1.48. The number of nitrogens with zero attached hydrogens (tertiary/aromatic N) is 1. The molecular formula is C32H33N3O8. The zero-order valence-corrected chi connectivity index (χ0v) is 23.5. The maximum atomic E-state index is 13.5. The van der Waals surface area contributed by atoms with E-state index in [-0.39, 0.29) is 11.5 Å². The number of likely N-dealkylation sites (N-methyl/N-ethyl adjacent to an activating group) is 1. The zero-order chi connectivity index (χ0) is 31.1. The van der Waals surface area contributed by atoms with Gasteiger partial charge in [-0.25, -0.2) is 4.79 Å². The van der Waals surface area contributed by atoms with E-state index in [0.717, 1.165) is 35.2 Å². The Morgan fingerprint density at radius 2 is 1.53 bits per heavy atom. The van der Waals surface area contributed by atoms with Crippen molar-refractivity contribution in [3.05, 3.63) is 95.1 Å². The van der Waals surface area contributed by atoms with Gasteiger partial charge in [-0.2, -0.15) is 0 Å². The first-order valence-electron chi connectivity index (χ1n) is 13.8. The van der Waals surface area contributed by atoms with Crippen LogP contribution in [0.2, 0.25) is 0 Å². The van der Waals surface area contributed by atoms with Gasteiger partial charge in [-0.1, -0.05) is 66.7 Å². The van der Waals surface area contributed by atoms with E-state index in [2.05, 4.69) is 10.6 Å². The van der Waals surface area contributed by atoms with Crippen molar-refractivity contribution in [2.75, 3.05) is 13.6 Å². The van der Waals surface area contributed by atoms with Crippen LogP contribution in [0.5, 0.6) is 0 Å². The summed E-state index contributed by atoms with van der Waals surface area (Å²) in [5.41, 5.74) is 2.32. The molecule has 0 aliphatic carbocycles. The molecule has 2 amide bonds. The fourth-order valence-electron chi connectivity index (χ4n) is 5.32. The Morgan fingerprint density at radius 1 is 0.884 bits per heavy atom. The van der Waals surface area contributed by atoms with Gasteiger partial charge in [0.1, 0.15) is 12.1 Å². The third kappa shape index (κ3) is 7.25. The molecule has 1 fully saturated rings. The molecule has 3 aromatic rings. The molecule has 1 aliphatic rings. The number of carbonyl (C=O) groups is 5. The molecule has 224 valence electrons. The number of rotatable bonds is 11. The molecule has 11 nitrogen and oxygen atoms in total. The van der Waals surface area contributed by atoms with Crippen LogP contribution < -0.4 is 10.6 Å². The molecule has 2 unspecified atom stereocenters. The minimum absolute atomic E-state index is 0.173. The smallest absolute Gasteiger partial charge is 0.336 e. The standard InChI is InChI=1S/C32H33N3O8/c1-33-27(22-14-15-23(24(17-22)30(38)39)26(31(40)41)32(42)43)28(36)34-25-9-5-6-16-35(29(25)37)18-19-10-12-21(13-11-19)20-7-3-2-4-8-20/h2-4,7-8,10-15,17,25-27,33H,5-6,9,16,18H2,1H3,(H,34,36)(H,38,39)(H,40,41)(H,42,43). The van der Waals surface area contributed by atoms with Crippen molar-refractivity contribution in [2.45, 2.75) is 43.8 Å². The second-order valence-electron chi connectivity index (χ2n) is 10.4. The zero-order valence-electron chi connectivity index (χ0n) is 23.5. The molecule has 5 N–H and O–H groups in total. The van der Waals surface area contributed by atoms with Crippen LogP contribution in [0.3, 0.4) is 0 Å². The first-order chi connectivity index (χ1) is 20.6. The molecule has 0 spiro atoms. The Morgan fingerprint density at radius 3 is 2.14 bits per heavy atom. The van der Waals surface area contributed by atoms with Crippen LogP contribution in [0.15, 0.2) is 72.8 Å². The SMILES string of the molecule is CNC(C(=O)NC1CCCCN(Cc2ccc(-c3ccccc3)cc2)C1=O)c1ccc(C(C(=O)O)C(=O)O)c(C(=O)O)c1. The molecule has 2 atom stereocenters. The van der Waals surface area contributed by atoms with Crippen LogP contribution in [0.1, 0.15) is 58.3 Å². The van der Waals surface area contributed by atoms with Crippen LogP contribution >= 0.6 is 0 Å². The summed E-state index contributed by atoms with van der Waals surface area (Å²) >= 11 is 0. The number of hydrogen-bond acceptors (Lipinski definition) is 6. The van der Waals surface area contributed by atoms with Gasteiger partial charge in [0.2, 0.25) is 11.8 Å². The fraction of sp³-hybridized carbons (Fsp3) is 0.281. The van der Waals surface area contributed by atoms with Gasteiger partial charge in [-0.3, -0.25) is 19.2 Å². The van der Waals surface area contributed by atoms with Crippen molar-refractivity contribution in [3.8, 4) is 11.1 Å². The highest BCUT2D eigenvalue weighted by molar-refractivity contribution is 6.03. The van der Waals surface area contributed by atoms with E-state index in [1.165, 1.54) is 13.1 Å². The maximum Gasteiger partial charge on any atom is 0.336 e. The summed E-state index contributed by atoms with van der Waals surface area (Å²) in [6, 6.07) is 19.5. The van der Waals surface area contributed by atoms with Gasteiger partial charge in [-0.15, -0.1) is 0 Å². The average molecular weight is 588 g/mol. The van der Waals surface area contributed by atoms with E-state index < -0.39 is 52.9 Å². The molecule has 0 bridgehead atoms. The molecule has 0 radical (unpaired) electrons. The maximum absolute atomic E-state index is 13.5. The van der Waals surface area contributed by atoms with Gasteiger partial charge in [0.15, 0.2) is 5.92 Å². The quantitative estimate of drug-likeness (QED) is 0.211. The highest BCUT2D eigenvalue weighted by atomic mass is 16.4. The van der Waals surface area contributed by atoms with E-state index in [0.29, 0.717) is 25.9 Å². The lowest BCUT2D eigenvalue weighted by Gasteiger charge is -2.27. The Kier molecular flexibility index (Phi) is 9.89. The molecule has 0 aromatic heterocycles. The molecule has 11 heteroatoms. The molecule has 43 heavy (non-hydrogen) atoms. The number of amides is 2. The number of aromatic carboxylic acids is 1. The van der Waals surface area contributed by atoms with Gasteiger partial charge >= 0.3 is 17.9 Å². The first-order valence-corrected chi connectivity index (χ1v) is 13.8. The van der Waals surface area contributed by atoms with Crippen LogP contribution in [-0.2, 0) is 25.7 Å². The third-order valence-electron chi connectivity index (χ3n) is 7.53. The fourth-order valence-corrected chi connectivity index (χ4v) is 5.32. The largest absolute Gasteiger partial charge is 0.480 e. The van der Waals surface area contributed by atoms with Gasteiger partial charge in [0.05, 0.1) is 5.56 Å². The molecule has 4 rings (SSSR count). The minimum atomic E-state index is -2.09. The highest BCUT2D eigenvalue weighted by Gasteiger charge is 2.34. The van der Waals surface area contributed by atoms with Crippen LogP contribution in [0.25, 0.3) is 11.1 Å². The normalized spacial score (nSPS) is 15.9. The number of benzene rings is 3. The number of aliphatic carboxylic acids is 2. The Bertz CT molecular complexity index is 1490. The lowest BCUT2D eigenvalue weighted by molar-refractivity contribution is -0.150. The lowest BCUT2D eigenvalue weighted by Crippen LogP contribution is -2.49. The molecular weight excluding hydrogens is 554 g/mol. The van der Waals surface area contributed by atoms with Crippen molar-refractivity contribution in [1.82, 2.24) is 15.5 Å². The summed E-state index contributed by atoms with van der Waals surface area (Å²) < 4.78 is 0. The van der Waals surface area contributed by atoms with Gasteiger partial charge < -0.3 is 30.9 Å². The van der Waals surface area contributed by atoms with E-state index in [1.807, 2.05) is 54.6 Å². The Balaban J connectivity index is 1.49. The van der Waals surface area contributed by atoms with Crippen molar-refractivity contribution < 1.29 is 39.3 Å². The molecule has 1 saturated heterocycles. The summed E-state index contributed by atoms with van der Waals surface area (Å²) in [6.07, 6.45) is 1.92. The molecule has 3 aromatic carbocycles. The molecule has 1 aliphatic heterocycles. The summed E-state index contributed by atoms with van der Waals surface area (Å²) in [5, 5.41) is 34.0. The van der Waals surface area contributed by atoms with Crippen molar-refractivity contribution in [2.24, 2.45) is 0 Å². The number of nitrogens with one attached hydrogen (secondary N) is 2. The van der Waals surface area contributed by atoms with E-state index in [9.17, 15) is 39.3 Å². The first kappa shape index (κ1) is 30.9. The van der Waals surface area contributed by atoms with E-state index >= 15 is 0 Å². The number of carboxylic acids is 3. The lowest BCUT2D eigenvalue weighted by atomic mass is 9.91. The third-order valence-corrected chi connectivity index (χ3v) is 7.53. The highest BCUT2D eigenvalue weighted by Crippen LogP contribution is 2.26.